The van der Waals surface area contributed by atoms with Crippen molar-refractivity contribution < 1.29 is 4.79 Å². The third-order valence-electron chi connectivity index (χ3n) is 5.19. The van der Waals surface area contributed by atoms with Gasteiger partial charge in [-0.05, 0) is 74.0 Å². The molecule has 2 aromatic carbocycles. The summed E-state index contributed by atoms with van der Waals surface area (Å²) in [6.07, 6.45) is 0. The largest absolute Gasteiger partial charge is 0.325 e. The number of thioether (sulfide) groups is 1. The van der Waals surface area contributed by atoms with Gasteiger partial charge in [-0.25, -0.2) is 4.98 Å². The lowest BCUT2D eigenvalue weighted by molar-refractivity contribution is -0.113. The van der Waals surface area contributed by atoms with Crippen molar-refractivity contribution in [2.45, 2.75) is 32.9 Å². The number of amides is 1. The highest BCUT2D eigenvalue weighted by molar-refractivity contribution is 7.99. The van der Waals surface area contributed by atoms with Gasteiger partial charge in [0.05, 0.1) is 17.0 Å². The molecule has 0 aliphatic heterocycles. The molecular formula is C24H23N3O2S2. The molecule has 2 aromatic heterocycles. The van der Waals surface area contributed by atoms with Crippen LogP contribution in [0.3, 0.4) is 0 Å². The SMILES string of the molecule is Cc1ccc(NC(=O)CSc2nc3ccsc3c(=O)n2-c2ccc(C)c(C)c2)c(C)c1. The van der Waals surface area contributed by atoms with Gasteiger partial charge in [0, 0.05) is 5.69 Å². The minimum atomic E-state index is -0.136. The number of aromatic nitrogens is 2. The number of hydrogen-bond donors (Lipinski definition) is 1. The van der Waals surface area contributed by atoms with Crippen LogP contribution in [0.1, 0.15) is 22.3 Å². The van der Waals surface area contributed by atoms with Gasteiger partial charge in [-0.3, -0.25) is 14.2 Å². The molecule has 0 radical (unpaired) electrons. The van der Waals surface area contributed by atoms with E-state index >= 15 is 0 Å². The molecule has 158 valence electrons. The van der Waals surface area contributed by atoms with Crippen LogP contribution < -0.4 is 10.9 Å². The van der Waals surface area contributed by atoms with Crippen LogP contribution in [-0.2, 0) is 4.79 Å². The van der Waals surface area contributed by atoms with E-state index in [1.54, 1.807) is 4.57 Å². The van der Waals surface area contributed by atoms with Crippen LogP contribution in [0, 0.1) is 27.7 Å². The van der Waals surface area contributed by atoms with Crippen LogP contribution in [0.2, 0.25) is 0 Å². The topological polar surface area (TPSA) is 64.0 Å². The first kappa shape index (κ1) is 21.3. The fraction of sp³-hybridized carbons (Fsp3) is 0.208. The van der Waals surface area contributed by atoms with Gasteiger partial charge < -0.3 is 5.32 Å². The number of rotatable bonds is 5. The molecule has 1 N–H and O–H groups in total. The molecule has 0 saturated carbocycles. The number of thiophene rings is 1. The number of anilines is 1. The third-order valence-corrected chi connectivity index (χ3v) is 7.02. The minimum Gasteiger partial charge on any atom is -0.325 e. The van der Waals surface area contributed by atoms with Gasteiger partial charge in [0.2, 0.25) is 5.91 Å². The van der Waals surface area contributed by atoms with Crippen molar-refractivity contribution in [3.05, 3.63) is 80.5 Å². The Morgan fingerprint density at radius 3 is 2.58 bits per heavy atom. The van der Waals surface area contributed by atoms with E-state index in [0.29, 0.717) is 15.4 Å². The Labute approximate surface area is 189 Å². The summed E-state index contributed by atoms with van der Waals surface area (Å²) < 4.78 is 2.22. The smallest absolute Gasteiger partial charge is 0.276 e. The van der Waals surface area contributed by atoms with Gasteiger partial charge in [-0.15, -0.1) is 11.3 Å². The van der Waals surface area contributed by atoms with E-state index in [1.165, 1.54) is 23.1 Å². The second-order valence-corrected chi connectivity index (χ2v) is 9.45. The summed E-state index contributed by atoms with van der Waals surface area (Å²) in [5.74, 6) is 0.0171. The number of carbonyl (C=O) groups is 1. The van der Waals surface area contributed by atoms with Crippen LogP contribution >= 0.6 is 23.1 Å². The zero-order valence-electron chi connectivity index (χ0n) is 17.9. The van der Waals surface area contributed by atoms with E-state index < -0.39 is 0 Å². The van der Waals surface area contributed by atoms with Crippen molar-refractivity contribution in [1.29, 1.82) is 0 Å². The first-order valence-electron chi connectivity index (χ1n) is 9.91. The fourth-order valence-corrected chi connectivity index (χ4v) is 4.92. The average molecular weight is 450 g/mol. The minimum absolute atomic E-state index is 0.111. The molecule has 0 bridgehead atoms. The van der Waals surface area contributed by atoms with Crippen molar-refractivity contribution in [1.82, 2.24) is 9.55 Å². The van der Waals surface area contributed by atoms with Crippen molar-refractivity contribution in [2.75, 3.05) is 11.1 Å². The molecule has 1 amide bonds. The van der Waals surface area contributed by atoms with Gasteiger partial charge >= 0.3 is 0 Å². The summed E-state index contributed by atoms with van der Waals surface area (Å²) in [6, 6.07) is 13.7. The molecule has 31 heavy (non-hydrogen) atoms. The quantitative estimate of drug-likeness (QED) is 0.327. The van der Waals surface area contributed by atoms with Crippen LogP contribution in [0.15, 0.2) is 57.8 Å². The molecule has 0 fully saturated rings. The molecular weight excluding hydrogens is 426 g/mol. The Bertz CT molecular complexity index is 1350. The van der Waals surface area contributed by atoms with Crippen LogP contribution in [0.5, 0.6) is 0 Å². The van der Waals surface area contributed by atoms with E-state index in [0.717, 1.165) is 33.6 Å². The maximum Gasteiger partial charge on any atom is 0.276 e. The predicted molar refractivity (Wildman–Crippen MR) is 130 cm³/mol. The lowest BCUT2D eigenvalue weighted by atomic mass is 10.1. The number of hydrogen-bond acceptors (Lipinski definition) is 5. The summed E-state index contributed by atoms with van der Waals surface area (Å²) in [5.41, 5.74) is 6.52. The highest BCUT2D eigenvalue weighted by Gasteiger charge is 2.16. The highest BCUT2D eigenvalue weighted by Crippen LogP contribution is 2.25. The summed E-state index contributed by atoms with van der Waals surface area (Å²) in [4.78, 5) is 30.6. The number of nitrogens with zero attached hydrogens (tertiary/aromatic N) is 2. The van der Waals surface area contributed by atoms with E-state index in [4.69, 9.17) is 0 Å². The van der Waals surface area contributed by atoms with Crippen LogP contribution in [-0.4, -0.2) is 21.2 Å². The molecule has 0 spiro atoms. The molecule has 2 heterocycles. The lowest BCUT2D eigenvalue weighted by Crippen LogP contribution is -2.22. The van der Waals surface area contributed by atoms with Crippen molar-refractivity contribution >= 4 is 44.9 Å². The highest BCUT2D eigenvalue weighted by atomic mass is 32.2. The van der Waals surface area contributed by atoms with Gasteiger partial charge in [-0.1, -0.05) is 35.5 Å². The summed E-state index contributed by atoms with van der Waals surface area (Å²) in [6.45, 7) is 8.05. The van der Waals surface area contributed by atoms with E-state index in [2.05, 4.69) is 10.3 Å². The number of nitrogens with one attached hydrogen (secondary N) is 1. The maximum absolute atomic E-state index is 13.2. The van der Waals surface area contributed by atoms with Crippen molar-refractivity contribution in [3.8, 4) is 5.69 Å². The van der Waals surface area contributed by atoms with Crippen molar-refractivity contribution in [3.63, 3.8) is 0 Å². The zero-order valence-corrected chi connectivity index (χ0v) is 19.5. The molecule has 0 atom stereocenters. The number of benzene rings is 2. The normalized spacial score (nSPS) is 11.1. The first-order chi connectivity index (χ1) is 14.8. The fourth-order valence-electron chi connectivity index (χ4n) is 3.35. The number of fused-ring (bicyclic) bond motifs is 1. The van der Waals surface area contributed by atoms with E-state index in [9.17, 15) is 9.59 Å². The molecule has 0 unspecified atom stereocenters. The van der Waals surface area contributed by atoms with Crippen LogP contribution in [0.4, 0.5) is 5.69 Å². The Kier molecular flexibility index (Phi) is 5.98. The predicted octanol–water partition coefficient (Wildman–Crippen LogP) is 5.41. The van der Waals surface area contributed by atoms with Gasteiger partial charge in [-0.2, -0.15) is 0 Å². The Morgan fingerprint density at radius 1 is 1.03 bits per heavy atom. The van der Waals surface area contributed by atoms with Gasteiger partial charge in [0.25, 0.3) is 5.56 Å². The number of carbonyl (C=O) groups excluding carboxylic acids is 1. The Balaban J connectivity index is 1.65. The zero-order chi connectivity index (χ0) is 22.1. The molecule has 0 aliphatic rings. The Morgan fingerprint density at radius 2 is 1.84 bits per heavy atom. The summed E-state index contributed by atoms with van der Waals surface area (Å²) in [7, 11) is 0. The lowest BCUT2D eigenvalue weighted by Gasteiger charge is -2.14. The molecule has 0 aliphatic carbocycles. The average Bonchev–Trinajstić information content (AvgIpc) is 3.20. The van der Waals surface area contributed by atoms with E-state index in [1.807, 2.05) is 75.5 Å². The first-order valence-corrected chi connectivity index (χ1v) is 11.8. The molecule has 5 nitrogen and oxygen atoms in total. The third kappa shape index (κ3) is 4.43. The number of aryl methyl sites for hydroxylation is 4. The molecule has 4 rings (SSSR count). The van der Waals surface area contributed by atoms with E-state index in [-0.39, 0.29) is 17.2 Å². The van der Waals surface area contributed by atoms with Gasteiger partial charge in [0.15, 0.2) is 5.16 Å². The second kappa shape index (κ2) is 8.69. The molecule has 4 aromatic rings. The molecule has 7 heteroatoms. The standard InChI is InChI=1S/C24H23N3O2S2/c1-14-5-8-19(17(4)11-14)25-21(28)13-31-24-26-20-9-10-30-22(20)23(29)27(24)18-7-6-15(2)16(3)12-18/h5-12H,13H2,1-4H3,(H,25,28). The second-order valence-electron chi connectivity index (χ2n) is 7.59. The monoisotopic (exact) mass is 449 g/mol. The summed E-state index contributed by atoms with van der Waals surface area (Å²) >= 11 is 2.65. The maximum atomic E-state index is 13.2. The Hall–Kier alpha value is -2.90. The van der Waals surface area contributed by atoms with Crippen molar-refractivity contribution in [2.24, 2.45) is 0 Å². The van der Waals surface area contributed by atoms with Gasteiger partial charge in [0.1, 0.15) is 4.70 Å². The summed E-state index contributed by atoms with van der Waals surface area (Å²) in [5, 5.41) is 5.33. The molecule has 0 saturated heterocycles. The van der Waals surface area contributed by atoms with Crippen LogP contribution in [0.25, 0.3) is 15.9 Å².